The Morgan fingerprint density at radius 2 is 2.00 bits per heavy atom. The van der Waals surface area contributed by atoms with Gasteiger partial charge in [-0.3, -0.25) is 4.98 Å². The van der Waals surface area contributed by atoms with Gasteiger partial charge in [0.25, 0.3) is 0 Å². The van der Waals surface area contributed by atoms with Crippen LogP contribution in [0.25, 0.3) is 0 Å². The minimum absolute atomic E-state index is 0.140. The standard InChI is InChI=1S/C19H25N5O2/c25-19(22-10-12-26-13-11-22)24-8-3-4-16(14-24)18-21-7-9-23(18)15-17-5-1-2-6-20-17/h1-2,5-7,9,16H,3-4,8,10-15H2/t16-/m1/s1. The lowest BCUT2D eigenvalue weighted by molar-refractivity contribution is 0.0407. The fraction of sp³-hybridized carbons (Fsp3) is 0.526. The van der Waals surface area contributed by atoms with Gasteiger partial charge in [-0.05, 0) is 25.0 Å². The van der Waals surface area contributed by atoms with E-state index in [-0.39, 0.29) is 11.9 Å². The number of ether oxygens (including phenoxy) is 1. The minimum Gasteiger partial charge on any atom is -0.378 e. The fourth-order valence-corrected chi connectivity index (χ4v) is 3.80. The molecule has 26 heavy (non-hydrogen) atoms. The van der Waals surface area contributed by atoms with E-state index < -0.39 is 0 Å². The van der Waals surface area contributed by atoms with Crippen molar-refractivity contribution in [3.05, 3.63) is 48.3 Å². The van der Waals surface area contributed by atoms with Crippen molar-refractivity contribution in [3.63, 3.8) is 0 Å². The van der Waals surface area contributed by atoms with Crippen LogP contribution in [0.15, 0.2) is 36.8 Å². The first-order valence-corrected chi connectivity index (χ1v) is 9.34. The SMILES string of the molecule is O=C(N1CCOCC1)N1CCC[C@@H](c2nccn2Cc2ccccn2)C1. The summed E-state index contributed by atoms with van der Waals surface area (Å²) in [5.41, 5.74) is 1.02. The number of carbonyl (C=O) groups excluding carboxylic acids is 1. The van der Waals surface area contributed by atoms with E-state index in [2.05, 4.69) is 14.5 Å². The van der Waals surface area contributed by atoms with Crippen LogP contribution in [0.4, 0.5) is 4.79 Å². The van der Waals surface area contributed by atoms with E-state index in [0.29, 0.717) is 32.8 Å². The van der Waals surface area contributed by atoms with Crippen LogP contribution in [0.5, 0.6) is 0 Å². The number of hydrogen-bond donors (Lipinski definition) is 0. The van der Waals surface area contributed by atoms with Gasteiger partial charge in [0, 0.05) is 50.7 Å². The minimum atomic E-state index is 0.140. The molecule has 2 saturated heterocycles. The first-order chi connectivity index (χ1) is 12.8. The van der Waals surface area contributed by atoms with Crippen molar-refractivity contribution in [2.45, 2.75) is 25.3 Å². The van der Waals surface area contributed by atoms with Gasteiger partial charge in [-0.1, -0.05) is 6.07 Å². The van der Waals surface area contributed by atoms with E-state index in [1.165, 1.54) is 0 Å². The van der Waals surface area contributed by atoms with E-state index in [9.17, 15) is 4.79 Å². The predicted octanol–water partition coefficient (Wildman–Crippen LogP) is 1.96. The molecule has 0 aromatic carbocycles. The van der Waals surface area contributed by atoms with Crippen molar-refractivity contribution in [2.75, 3.05) is 39.4 Å². The van der Waals surface area contributed by atoms with E-state index in [4.69, 9.17) is 4.74 Å². The van der Waals surface area contributed by atoms with Crippen LogP contribution in [-0.4, -0.2) is 69.8 Å². The monoisotopic (exact) mass is 355 g/mol. The average molecular weight is 355 g/mol. The summed E-state index contributed by atoms with van der Waals surface area (Å²) in [6, 6.07) is 6.09. The highest BCUT2D eigenvalue weighted by atomic mass is 16.5. The molecule has 7 nitrogen and oxygen atoms in total. The summed E-state index contributed by atoms with van der Waals surface area (Å²) in [4.78, 5) is 25.7. The number of morpholine rings is 1. The Hall–Kier alpha value is -2.41. The molecule has 2 aliphatic rings. The number of amides is 2. The first kappa shape index (κ1) is 17.0. The summed E-state index contributed by atoms with van der Waals surface area (Å²) in [6.07, 6.45) is 7.74. The molecule has 138 valence electrons. The normalized spacial score (nSPS) is 21.0. The van der Waals surface area contributed by atoms with Crippen LogP contribution >= 0.6 is 0 Å². The average Bonchev–Trinajstić information content (AvgIpc) is 3.17. The molecule has 1 atom stereocenters. The van der Waals surface area contributed by atoms with Crippen molar-refractivity contribution >= 4 is 6.03 Å². The van der Waals surface area contributed by atoms with E-state index in [1.807, 2.05) is 46.6 Å². The number of aromatic nitrogens is 3. The van der Waals surface area contributed by atoms with Crippen molar-refractivity contribution < 1.29 is 9.53 Å². The predicted molar refractivity (Wildman–Crippen MR) is 96.9 cm³/mol. The smallest absolute Gasteiger partial charge is 0.320 e. The molecule has 2 amide bonds. The Kier molecular flexibility index (Phi) is 5.15. The second kappa shape index (κ2) is 7.86. The summed E-state index contributed by atoms with van der Waals surface area (Å²) >= 11 is 0. The summed E-state index contributed by atoms with van der Waals surface area (Å²) < 4.78 is 7.52. The number of nitrogens with zero attached hydrogens (tertiary/aromatic N) is 5. The first-order valence-electron chi connectivity index (χ1n) is 9.34. The Labute approximate surface area is 153 Å². The van der Waals surface area contributed by atoms with Gasteiger partial charge in [-0.25, -0.2) is 9.78 Å². The molecule has 0 saturated carbocycles. The van der Waals surface area contributed by atoms with Gasteiger partial charge in [-0.15, -0.1) is 0 Å². The largest absolute Gasteiger partial charge is 0.378 e. The fourth-order valence-electron chi connectivity index (χ4n) is 3.80. The molecule has 0 spiro atoms. The van der Waals surface area contributed by atoms with Gasteiger partial charge in [0.1, 0.15) is 5.82 Å². The quantitative estimate of drug-likeness (QED) is 0.844. The zero-order valence-corrected chi connectivity index (χ0v) is 15.0. The number of imidazole rings is 1. The maximum Gasteiger partial charge on any atom is 0.320 e. The number of likely N-dealkylation sites (tertiary alicyclic amines) is 1. The third kappa shape index (κ3) is 3.72. The number of hydrogen-bond acceptors (Lipinski definition) is 4. The lowest BCUT2D eigenvalue weighted by Crippen LogP contribution is -2.50. The van der Waals surface area contributed by atoms with Crippen molar-refractivity contribution in [3.8, 4) is 0 Å². The lowest BCUT2D eigenvalue weighted by atomic mass is 9.97. The highest BCUT2D eigenvalue weighted by Crippen LogP contribution is 2.27. The second-order valence-electron chi connectivity index (χ2n) is 6.90. The van der Waals surface area contributed by atoms with Gasteiger partial charge in [-0.2, -0.15) is 0 Å². The van der Waals surface area contributed by atoms with Gasteiger partial charge in [0.2, 0.25) is 0 Å². The Bertz CT molecular complexity index is 727. The van der Waals surface area contributed by atoms with Crippen LogP contribution in [0.1, 0.15) is 30.3 Å². The van der Waals surface area contributed by atoms with Gasteiger partial charge >= 0.3 is 6.03 Å². The molecule has 0 radical (unpaired) electrons. The van der Waals surface area contributed by atoms with Crippen LogP contribution in [-0.2, 0) is 11.3 Å². The molecule has 4 rings (SSSR count). The van der Waals surface area contributed by atoms with Crippen LogP contribution < -0.4 is 0 Å². The Morgan fingerprint density at radius 3 is 2.81 bits per heavy atom. The van der Waals surface area contributed by atoms with E-state index in [1.54, 1.807) is 0 Å². The number of urea groups is 1. The third-order valence-electron chi connectivity index (χ3n) is 5.14. The molecule has 2 aliphatic heterocycles. The molecule has 0 bridgehead atoms. The third-order valence-corrected chi connectivity index (χ3v) is 5.14. The van der Waals surface area contributed by atoms with Crippen molar-refractivity contribution in [1.82, 2.24) is 24.3 Å². The summed E-state index contributed by atoms with van der Waals surface area (Å²) in [7, 11) is 0. The highest BCUT2D eigenvalue weighted by molar-refractivity contribution is 5.74. The summed E-state index contributed by atoms with van der Waals surface area (Å²) in [6.45, 7) is 4.92. The molecule has 0 aliphatic carbocycles. The number of carbonyl (C=O) groups is 1. The zero-order valence-electron chi connectivity index (χ0n) is 15.0. The van der Waals surface area contributed by atoms with Crippen molar-refractivity contribution in [2.24, 2.45) is 0 Å². The maximum atomic E-state index is 12.8. The van der Waals surface area contributed by atoms with Gasteiger partial charge in [0.15, 0.2) is 0 Å². The van der Waals surface area contributed by atoms with Crippen molar-refractivity contribution in [1.29, 1.82) is 0 Å². The van der Waals surface area contributed by atoms with Gasteiger partial charge < -0.3 is 19.1 Å². The number of piperidine rings is 1. The van der Waals surface area contributed by atoms with E-state index in [0.717, 1.165) is 37.4 Å². The molecule has 0 unspecified atom stereocenters. The van der Waals surface area contributed by atoms with Crippen LogP contribution in [0, 0.1) is 0 Å². The van der Waals surface area contributed by atoms with Crippen LogP contribution in [0.3, 0.4) is 0 Å². The van der Waals surface area contributed by atoms with Crippen LogP contribution in [0.2, 0.25) is 0 Å². The molecule has 2 fully saturated rings. The molecular weight excluding hydrogens is 330 g/mol. The zero-order chi connectivity index (χ0) is 17.8. The topological polar surface area (TPSA) is 63.5 Å². The number of pyridine rings is 1. The Balaban J connectivity index is 1.45. The maximum absolute atomic E-state index is 12.8. The Morgan fingerprint density at radius 1 is 1.12 bits per heavy atom. The molecule has 7 heteroatoms. The molecular formula is C19H25N5O2. The lowest BCUT2D eigenvalue weighted by Gasteiger charge is -2.37. The second-order valence-corrected chi connectivity index (χ2v) is 6.90. The molecule has 2 aromatic heterocycles. The van der Waals surface area contributed by atoms with Gasteiger partial charge in [0.05, 0.1) is 25.5 Å². The highest BCUT2D eigenvalue weighted by Gasteiger charge is 2.30. The molecule has 0 N–H and O–H groups in total. The molecule has 4 heterocycles. The molecule has 2 aromatic rings. The number of rotatable bonds is 3. The summed E-state index contributed by atoms with van der Waals surface area (Å²) in [5.74, 6) is 1.32. The van der Waals surface area contributed by atoms with E-state index >= 15 is 0 Å². The summed E-state index contributed by atoms with van der Waals surface area (Å²) in [5, 5.41) is 0.